The van der Waals surface area contributed by atoms with E-state index in [0.717, 1.165) is 5.56 Å². The first kappa shape index (κ1) is 23.0. The fourth-order valence-electron chi connectivity index (χ4n) is 4.36. The van der Waals surface area contributed by atoms with Crippen LogP contribution in [0.25, 0.3) is 5.76 Å². The van der Waals surface area contributed by atoms with Gasteiger partial charge in [0, 0.05) is 30.2 Å². The summed E-state index contributed by atoms with van der Waals surface area (Å²) in [6.07, 6.45) is 3.26. The lowest BCUT2D eigenvalue weighted by Gasteiger charge is -2.25. The van der Waals surface area contributed by atoms with E-state index in [2.05, 4.69) is 9.97 Å². The second-order valence-corrected chi connectivity index (χ2v) is 8.04. The summed E-state index contributed by atoms with van der Waals surface area (Å²) in [5.74, 6) is -2.38. The number of carbonyl (C=O) groups is 3. The van der Waals surface area contributed by atoms with Crippen molar-refractivity contribution in [2.75, 3.05) is 6.61 Å². The summed E-state index contributed by atoms with van der Waals surface area (Å²) < 4.78 is 5.09. The maximum atomic E-state index is 13.2. The number of benzene rings is 1. The molecule has 0 spiro atoms. The third-order valence-electron chi connectivity index (χ3n) is 5.88. The SMILES string of the molecule is CCOC(=O)c1[nH]c(C)c(/C(O)=C2\C(=O)C(=O)N(Cc3cccnc3)[C@H]2c2ccccc2)c1C. The van der Waals surface area contributed by atoms with Crippen LogP contribution in [0.5, 0.6) is 0 Å². The lowest BCUT2D eigenvalue weighted by Crippen LogP contribution is -2.29. The van der Waals surface area contributed by atoms with E-state index in [1.165, 1.54) is 4.90 Å². The number of aliphatic hydroxyl groups excluding tert-OH is 1. The molecule has 1 amide bonds. The number of nitrogens with one attached hydrogen (secondary N) is 1. The number of amides is 1. The number of esters is 1. The summed E-state index contributed by atoms with van der Waals surface area (Å²) in [4.78, 5) is 47.2. The number of Topliss-reactive ketones (excluding diaryl/α,β-unsaturated/α-hetero) is 1. The molecule has 0 aliphatic carbocycles. The largest absolute Gasteiger partial charge is 0.507 e. The molecule has 1 saturated heterocycles. The fourth-order valence-corrected chi connectivity index (χ4v) is 4.36. The van der Waals surface area contributed by atoms with Crippen molar-refractivity contribution in [2.45, 2.75) is 33.4 Å². The second-order valence-electron chi connectivity index (χ2n) is 8.04. The Hall–Kier alpha value is -4.20. The van der Waals surface area contributed by atoms with Crippen molar-refractivity contribution in [1.82, 2.24) is 14.9 Å². The topological polar surface area (TPSA) is 113 Å². The number of nitrogens with zero attached hydrogens (tertiary/aromatic N) is 2. The first-order chi connectivity index (χ1) is 16.3. The Kier molecular flexibility index (Phi) is 6.32. The van der Waals surface area contributed by atoms with Crippen LogP contribution in [0.3, 0.4) is 0 Å². The van der Waals surface area contributed by atoms with Crippen LogP contribution in [0.15, 0.2) is 60.4 Å². The molecule has 0 bridgehead atoms. The van der Waals surface area contributed by atoms with Crippen molar-refractivity contribution in [2.24, 2.45) is 0 Å². The van der Waals surface area contributed by atoms with E-state index in [-0.39, 0.29) is 30.2 Å². The average Bonchev–Trinajstić information content (AvgIpc) is 3.27. The minimum Gasteiger partial charge on any atom is -0.507 e. The first-order valence-corrected chi connectivity index (χ1v) is 10.9. The van der Waals surface area contributed by atoms with E-state index >= 15 is 0 Å². The Labute approximate surface area is 196 Å². The Balaban J connectivity index is 1.88. The fraction of sp³-hybridized carbons (Fsp3) is 0.231. The molecule has 4 rings (SSSR count). The molecule has 0 unspecified atom stereocenters. The lowest BCUT2D eigenvalue weighted by molar-refractivity contribution is -0.140. The molecule has 1 atom stereocenters. The van der Waals surface area contributed by atoms with Gasteiger partial charge in [-0.05, 0) is 43.5 Å². The maximum Gasteiger partial charge on any atom is 0.355 e. The van der Waals surface area contributed by atoms with E-state index in [0.29, 0.717) is 22.4 Å². The standard InChI is InChI=1S/C26H25N3O5/c1-4-34-26(33)21-15(2)19(16(3)28-21)23(30)20-22(18-10-6-5-7-11-18)29(25(32)24(20)31)14-17-9-8-12-27-13-17/h5-13,22,28,30H,4,14H2,1-3H3/b23-20+/t22-/m0/s1. The van der Waals surface area contributed by atoms with Crippen LogP contribution < -0.4 is 0 Å². The Morgan fingerprint density at radius 2 is 1.88 bits per heavy atom. The van der Waals surface area contributed by atoms with Gasteiger partial charge < -0.3 is 19.7 Å². The molecule has 1 aliphatic heterocycles. The van der Waals surface area contributed by atoms with E-state index in [9.17, 15) is 19.5 Å². The minimum atomic E-state index is -0.804. The van der Waals surface area contributed by atoms with Gasteiger partial charge >= 0.3 is 5.97 Å². The van der Waals surface area contributed by atoms with Crippen LogP contribution in [0.4, 0.5) is 0 Å². The Bertz CT molecular complexity index is 1280. The summed E-state index contributed by atoms with van der Waals surface area (Å²) in [7, 11) is 0. The van der Waals surface area contributed by atoms with Gasteiger partial charge in [-0.3, -0.25) is 14.6 Å². The molecule has 1 aliphatic rings. The summed E-state index contributed by atoms with van der Waals surface area (Å²) >= 11 is 0. The van der Waals surface area contributed by atoms with Crippen LogP contribution >= 0.6 is 0 Å². The van der Waals surface area contributed by atoms with Crippen molar-refractivity contribution in [3.8, 4) is 0 Å². The summed E-state index contributed by atoms with van der Waals surface area (Å²) in [6.45, 7) is 5.40. The number of aryl methyl sites for hydroxylation is 1. The Morgan fingerprint density at radius 3 is 2.53 bits per heavy atom. The number of ether oxygens (including phenoxy) is 1. The molecule has 34 heavy (non-hydrogen) atoms. The highest BCUT2D eigenvalue weighted by Crippen LogP contribution is 2.41. The molecule has 1 fully saturated rings. The maximum absolute atomic E-state index is 13.2. The predicted molar refractivity (Wildman–Crippen MR) is 125 cm³/mol. The number of aromatic amines is 1. The van der Waals surface area contributed by atoms with Gasteiger partial charge in [0.15, 0.2) is 0 Å². The zero-order valence-corrected chi connectivity index (χ0v) is 19.2. The number of H-pyrrole nitrogens is 1. The highest BCUT2D eigenvalue weighted by atomic mass is 16.5. The molecule has 1 aromatic carbocycles. The van der Waals surface area contributed by atoms with E-state index < -0.39 is 23.7 Å². The number of rotatable bonds is 6. The normalized spacial score (nSPS) is 17.3. The van der Waals surface area contributed by atoms with Crippen LogP contribution in [0.2, 0.25) is 0 Å². The number of ketones is 1. The van der Waals surface area contributed by atoms with Crippen LogP contribution in [-0.4, -0.2) is 44.2 Å². The number of aromatic nitrogens is 2. The van der Waals surface area contributed by atoms with Gasteiger partial charge in [0.05, 0.1) is 18.2 Å². The van der Waals surface area contributed by atoms with Crippen molar-refractivity contribution in [1.29, 1.82) is 0 Å². The molecular formula is C26H25N3O5. The monoisotopic (exact) mass is 459 g/mol. The van der Waals surface area contributed by atoms with Crippen molar-refractivity contribution in [3.05, 3.63) is 94.1 Å². The van der Waals surface area contributed by atoms with Crippen molar-refractivity contribution < 1.29 is 24.2 Å². The van der Waals surface area contributed by atoms with Crippen molar-refractivity contribution >= 4 is 23.4 Å². The number of hydrogen-bond acceptors (Lipinski definition) is 6. The number of carbonyl (C=O) groups excluding carboxylic acids is 3. The van der Waals surface area contributed by atoms with Crippen LogP contribution in [-0.2, 0) is 20.9 Å². The molecule has 0 saturated carbocycles. The van der Waals surface area contributed by atoms with Gasteiger partial charge in [0.25, 0.3) is 11.7 Å². The zero-order chi connectivity index (χ0) is 24.4. The number of aliphatic hydroxyl groups is 1. The van der Waals surface area contributed by atoms with E-state index in [1.54, 1.807) is 51.4 Å². The number of likely N-dealkylation sites (tertiary alicyclic amines) is 1. The van der Waals surface area contributed by atoms with Crippen LogP contribution in [0.1, 0.15) is 51.4 Å². The van der Waals surface area contributed by atoms with Crippen molar-refractivity contribution in [3.63, 3.8) is 0 Å². The van der Waals surface area contributed by atoms with Gasteiger partial charge in [-0.1, -0.05) is 36.4 Å². The molecule has 2 N–H and O–H groups in total. The first-order valence-electron chi connectivity index (χ1n) is 10.9. The lowest BCUT2D eigenvalue weighted by atomic mass is 9.94. The average molecular weight is 460 g/mol. The predicted octanol–water partition coefficient (Wildman–Crippen LogP) is 3.83. The smallest absolute Gasteiger partial charge is 0.355 e. The van der Waals surface area contributed by atoms with E-state index in [1.807, 2.05) is 24.3 Å². The molecule has 0 radical (unpaired) electrons. The van der Waals surface area contributed by atoms with Crippen LogP contribution in [0, 0.1) is 13.8 Å². The highest BCUT2D eigenvalue weighted by molar-refractivity contribution is 6.46. The quantitative estimate of drug-likeness (QED) is 0.251. The number of pyridine rings is 1. The third kappa shape index (κ3) is 3.98. The molecule has 3 aromatic rings. The molecule has 3 heterocycles. The summed E-state index contributed by atoms with van der Waals surface area (Å²) in [6, 6.07) is 11.8. The third-order valence-corrected chi connectivity index (χ3v) is 5.88. The molecule has 8 heteroatoms. The van der Waals surface area contributed by atoms with Gasteiger partial charge in [-0.15, -0.1) is 0 Å². The highest BCUT2D eigenvalue weighted by Gasteiger charge is 2.46. The Morgan fingerprint density at radius 1 is 1.15 bits per heavy atom. The second kappa shape index (κ2) is 9.35. The number of hydrogen-bond donors (Lipinski definition) is 2. The summed E-state index contributed by atoms with van der Waals surface area (Å²) in [5.41, 5.74) is 2.85. The zero-order valence-electron chi connectivity index (χ0n) is 19.2. The molecule has 8 nitrogen and oxygen atoms in total. The van der Waals surface area contributed by atoms with E-state index in [4.69, 9.17) is 4.74 Å². The van der Waals surface area contributed by atoms with Gasteiger partial charge in [-0.25, -0.2) is 4.79 Å². The van der Waals surface area contributed by atoms with Gasteiger partial charge in [0.1, 0.15) is 11.5 Å². The molecule has 174 valence electrons. The summed E-state index contributed by atoms with van der Waals surface area (Å²) in [5, 5.41) is 11.4. The van der Waals surface area contributed by atoms with Gasteiger partial charge in [0.2, 0.25) is 0 Å². The van der Waals surface area contributed by atoms with Gasteiger partial charge in [-0.2, -0.15) is 0 Å². The molecular weight excluding hydrogens is 434 g/mol. The molecule has 2 aromatic heterocycles. The minimum absolute atomic E-state index is 0.0271.